The Labute approximate surface area is 192 Å². The number of rotatable bonds is 7. The zero-order valence-corrected chi connectivity index (χ0v) is 18.9. The molecule has 1 amide bonds. The zero-order valence-electron chi connectivity index (χ0n) is 17.3. The monoisotopic (exact) mass is 467 g/mol. The van der Waals surface area contributed by atoms with Crippen molar-refractivity contribution >= 4 is 56.0 Å². The zero-order chi connectivity index (χ0) is 21.9. The Morgan fingerprint density at radius 1 is 1.12 bits per heavy atom. The molecule has 5 rings (SSSR count). The molecule has 9 nitrogen and oxygen atoms in total. The lowest BCUT2D eigenvalue weighted by molar-refractivity contribution is -0.126. The second-order valence-corrected chi connectivity index (χ2v) is 8.95. The number of nitrogens with zero attached hydrogens (tertiary/aromatic N) is 5. The Hall–Kier alpha value is -3.15. The third-order valence-electron chi connectivity index (χ3n) is 5.35. The van der Waals surface area contributed by atoms with Gasteiger partial charge in [-0.1, -0.05) is 41.7 Å². The fourth-order valence-electron chi connectivity index (χ4n) is 3.78. The topological polar surface area (TPSA) is 105 Å². The Morgan fingerprint density at radius 3 is 2.78 bits per heavy atom. The fraction of sp³-hybridized carbons (Fsp3) is 0.286. The average molecular weight is 468 g/mol. The highest BCUT2D eigenvalue weighted by Gasteiger charge is 2.25. The summed E-state index contributed by atoms with van der Waals surface area (Å²) in [6.07, 6.45) is 0.277. The Kier molecular flexibility index (Phi) is 5.93. The molecule has 1 saturated heterocycles. The van der Waals surface area contributed by atoms with Crippen LogP contribution in [0.5, 0.6) is 0 Å². The predicted molar refractivity (Wildman–Crippen MR) is 126 cm³/mol. The second kappa shape index (κ2) is 9.15. The molecule has 1 fully saturated rings. The number of aromatic nitrogens is 4. The van der Waals surface area contributed by atoms with Gasteiger partial charge in [-0.05, 0) is 30.2 Å². The van der Waals surface area contributed by atoms with Crippen molar-refractivity contribution < 1.29 is 9.53 Å². The minimum absolute atomic E-state index is 0.242. The maximum Gasteiger partial charge on any atom is 0.259 e. The van der Waals surface area contributed by atoms with E-state index in [2.05, 4.69) is 46.6 Å². The summed E-state index contributed by atoms with van der Waals surface area (Å²) in [5, 5.41) is 15.7. The first-order chi connectivity index (χ1) is 15.7. The van der Waals surface area contributed by atoms with Crippen LogP contribution in [0.15, 0.2) is 48.5 Å². The van der Waals surface area contributed by atoms with E-state index in [1.165, 1.54) is 30.2 Å². The minimum atomic E-state index is -0.704. The number of hydrogen-bond acceptors (Lipinski definition) is 10. The molecule has 2 atom stereocenters. The number of amides is 1. The molecule has 2 aromatic heterocycles. The maximum absolute atomic E-state index is 12.6. The van der Waals surface area contributed by atoms with Crippen LogP contribution in [0.2, 0.25) is 0 Å². The van der Waals surface area contributed by atoms with Crippen LogP contribution in [0.1, 0.15) is 18.1 Å². The highest BCUT2D eigenvalue weighted by molar-refractivity contribution is 7.19. The van der Waals surface area contributed by atoms with Gasteiger partial charge in [0.25, 0.3) is 5.91 Å². The standard InChI is InChI=1S/C21H21N7O2S2/c1-30-18(13-5-3-2-4-6-13)19(29)23-21-25-24-20(31-21)22-14-9-10-28(12-14)15-7-8-16-17(11-15)27-32-26-16/h2-8,11,14,18H,9-10,12H2,1H3,(H,22,24)(H,23,25,29)/t14-,18-/m1/s1. The first-order valence-electron chi connectivity index (χ1n) is 10.2. The van der Waals surface area contributed by atoms with Crippen molar-refractivity contribution in [3.8, 4) is 0 Å². The third kappa shape index (κ3) is 4.40. The Morgan fingerprint density at radius 2 is 1.94 bits per heavy atom. The smallest absolute Gasteiger partial charge is 0.259 e. The predicted octanol–water partition coefficient (Wildman–Crippen LogP) is 3.56. The number of benzene rings is 2. The number of anilines is 3. The number of fused-ring (bicyclic) bond motifs is 1. The van der Waals surface area contributed by atoms with E-state index in [-0.39, 0.29) is 11.9 Å². The first-order valence-corrected chi connectivity index (χ1v) is 11.7. The molecule has 32 heavy (non-hydrogen) atoms. The molecule has 4 aromatic rings. The van der Waals surface area contributed by atoms with E-state index < -0.39 is 6.10 Å². The van der Waals surface area contributed by atoms with Gasteiger partial charge in [-0.25, -0.2) is 0 Å². The summed E-state index contributed by atoms with van der Waals surface area (Å²) in [5.74, 6) is -0.277. The van der Waals surface area contributed by atoms with Crippen molar-refractivity contribution in [2.75, 3.05) is 35.7 Å². The van der Waals surface area contributed by atoms with E-state index in [9.17, 15) is 4.79 Å². The van der Waals surface area contributed by atoms with Gasteiger partial charge >= 0.3 is 0 Å². The van der Waals surface area contributed by atoms with Crippen LogP contribution in [0.3, 0.4) is 0 Å². The summed E-state index contributed by atoms with van der Waals surface area (Å²) >= 11 is 2.55. The number of nitrogens with one attached hydrogen (secondary N) is 2. The molecule has 1 aliphatic rings. The fourth-order valence-corrected chi connectivity index (χ4v) is 5.02. The van der Waals surface area contributed by atoms with Gasteiger partial charge < -0.3 is 15.0 Å². The van der Waals surface area contributed by atoms with Crippen LogP contribution in [0.4, 0.5) is 16.0 Å². The van der Waals surface area contributed by atoms with Gasteiger partial charge in [-0.2, -0.15) is 8.75 Å². The Bertz CT molecular complexity index is 1210. The molecule has 11 heteroatoms. The van der Waals surface area contributed by atoms with Gasteiger partial charge in [0.2, 0.25) is 10.3 Å². The molecule has 0 saturated carbocycles. The normalized spacial score (nSPS) is 16.9. The number of ether oxygens (including phenoxy) is 1. The molecular weight excluding hydrogens is 446 g/mol. The summed E-state index contributed by atoms with van der Waals surface area (Å²) in [6.45, 7) is 1.79. The molecule has 0 unspecified atom stereocenters. The molecule has 1 aliphatic heterocycles. The van der Waals surface area contributed by atoms with Crippen molar-refractivity contribution in [2.24, 2.45) is 0 Å². The lowest BCUT2D eigenvalue weighted by Gasteiger charge is -2.18. The number of hydrogen-bond donors (Lipinski definition) is 2. The van der Waals surface area contributed by atoms with Crippen LogP contribution in [-0.4, -0.2) is 51.1 Å². The SMILES string of the molecule is CO[C@@H](C(=O)Nc1nnc(N[C@@H]2CCN(c3ccc4nsnc4c3)C2)s1)c1ccccc1. The van der Waals surface area contributed by atoms with Gasteiger partial charge in [0, 0.05) is 31.9 Å². The van der Waals surface area contributed by atoms with Crippen molar-refractivity contribution in [3.05, 3.63) is 54.1 Å². The van der Waals surface area contributed by atoms with Crippen molar-refractivity contribution in [2.45, 2.75) is 18.6 Å². The molecule has 2 aromatic carbocycles. The van der Waals surface area contributed by atoms with Crippen molar-refractivity contribution in [1.29, 1.82) is 0 Å². The van der Waals surface area contributed by atoms with Crippen LogP contribution in [0.25, 0.3) is 11.0 Å². The van der Waals surface area contributed by atoms with Crippen molar-refractivity contribution in [3.63, 3.8) is 0 Å². The minimum Gasteiger partial charge on any atom is -0.369 e. The third-order valence-corrected chi connectivity index (χ3v) is 6.68. The van der Waals surface area contributed by atoms with Crippen LogP contribution in [0, 0.1) is 0 Å². The second-order valence-electron chi connectivity index (χ2n) is 7.44. The van der Waals surface area contributed by atoms with E-state index in [4.69, 9.17) is 4.74 Å². The molecule has 0 bridgehead atoms. The number of methoxy groups -OCH3 is 1. The lowest BCUT2D eigenvalue weighted by Crippen LogP contribution is -2.25. The van der Waals surface area contributed by atoms with E-state index >= 15 is 0 Å². The quantitative estimate of drug-likeness (QED) is 0.425. The summed E-state index contributed by atoms with van der Waals surface area (Å²) in [4.78, 5) is 15.0. The molecule has 0 radical (unpaired) electrons. The molecular formula is C21H21N7O2S2. The van der Waals surface area contributed by atoms with Crippen LogP contribution >= 0.6 is 23.1 Å². The highest BCUT2D eigenvalue weighted by Crippen LogP contribution is 2.28. The number of carbonyl (C=O) groups is 1. The highest BCUT2D eigenvalue weighted by atomic mass is 32.1. The van der Waals surface area contributed by atoms with Crippen LogP contribution < -0.4 is 15.5 Å². The summed E-state index contributed by atoms with van der Waals surface area (Å²) in [6, 6.07) is 15.8. The van der Waals surface area contributed by atoms with E-state index in [1.54, 1.807) is 0 Å². The Balaban J connectivity index is 1.19. The van der Waals surface area contributed by atoms with Gasteiger partial charge in [0.1, 0.15) is 11.0 Å². The van der Waals surface area contributed by atoms with E-state index in [0.29, 0.717) is 10.3 Å². The van der Waals surface area contributed by atoms with Gasteiger partial charge in [-0.3, -0.25) is 10.1 Å². The summed E-state index contributed by atoms with van der Waals surface area (Å²) < 4.78 is 14.0. The molecule has 2 N–H and O–H groups in total. The summed E-state index contributed by atoms with van der Waals surface area (Å²) in [5.41, 5.74) is 3.79. The van der Waals surface area contributed by atoms with Crippen molar-refractivity contribution in [1.82, 2.24) is 18.9 Å². The molecule has 0 spiro atoms. The largest absolute Gasteiger partial charge is 0.369 e. The molecule has 3 heterocycles. The van der Waals surface area contributed by atoms with E-state index in [1.807, 2.05) is 36.4 Å². The van der Waals surface area contributed by atoms with E-state index in [0.717, 1.165) is 41.8 Å². The lowest BCUT2D eigenvalue weighted by atomic mass is 10.1. The molecule has 164 valence electrons. The summed E-state index contributed by atoms with van der Waals surface area (Å²) in [7, 11) is 1.51. The van der Waals surface area contributed by atoms with Crippen LogP contribution in [-0.2, 0) is 9.53 Å². The number of carbonyl (C=O) groups excluding carboxylic acids is 1. The van der Waals surface area contributed by atoms with Gasteiger partial charge in [0.05, 0.1) is 11.7 Å². The average Bonchev–Trinajstić information content (AvgIpc) is 3.56. The van der Waals surface area contributed by atoms with Gasteiger partial charge in [0.15, 0.2) is 6.10 Å². The first kappa shape index (κ1) is 20.7. The maximum atomic E-state index is 12.6. The molecule has 0 aliphatic carbocycles. The van der Waals surface area contributed by atoms with Gasteiger partial charge in [-0.15, -0.1) is 10.2 Å².